The van der Waals surface area contributed by atoms with E-state index in [-0.39, 0.29) is 11.5 Å². The number of rotatable bonds is 7. The van der Waals surface area contributed by atoms with Crippen molar-refractivity contribution in [3.8, 4) is 0 Å². The first kappa shape index (κ1) is 15.5. The van der Waals surface area contributed by atoms with Gasteiger partial charge in [-0.25, -0.2) is 8.42 Å². The molecule has 5 heteroatoms. The van der Waals surface area contributed by atoms with Crippen molar-refractivity contribution in [2.45, 2.75) is 24.8 Å². The summed E-state index contributed by atoms with van der Waals surface area (Å²) in [5.74, 6) is 1.10. The minimum Gasteiger partial charge on any atom is -0.313 e. The Morgan fingerprint density at radius 3 is 2.72 bits per heavy atom. The zero-order valence-corrected chi connectivity index (χ0v) is 12.8. The van der Waals surface area contributed by atoms with Crippen LogP contribution in [0.5, 0.6) is 0 Å². The van der Waals surface area contributed by atoms with Gasteiger partial charge in [-0.2, -0.15) is 0 Å². The first-order chi connectivity index (χ1) is 8.48. The lowest BCUT2D eigenvalue weighted by Gasteiger charge is -2.11. The molecule has 0 aliphatic carbocycles. The third-order valence-electron chi connectivity index (χ3n) is 2.89. The number of sulfone groups is 1. The maximum absolute atomic E-state index is 11.4. The van der Waals surface area contributed by atoms with Crippen molar-refractivity contribution in [1.82, 2.24) is 5.32 Å². The van der Waals surface area contributed by atoms with Gasteiger partial charge in [0.1, 0.15) is 0 Å². The van der Waals surface area contributed by atoms with Gasteiger partial charge in [-0.3, -0.25) is 0 Å². The maximum atomic E-state index is 11.4. The second kappa shape index (κ2) is 7.16. The van der Waals surface area contributed by atoms with Gasteiger partial charge in [0.2, 0.25) is 0 Å². The Hall–Kier alpha value is -0.520. The molecule has 0 aromatic heterocycles. The van der Waals surface area contributed by atoms with Crippen molar-refractivity contribution in [2.75, 3.05) is 24.3 Å². The molecule has 0 heterocycles. The number of hydrogen-bond acceptors (Lipinski definition) is 4. The average molecular weight is 287 g/mol. The number of benzene rings is 1. The van der Waals surface area contributed by atoms with Gasteiger partial charge in [-0.05, 0) is 31.7 Å². The third-order valence-corrected chi connectivity index (χ3v) is 5.85. The summed E-state index contributed by atoms with van der Waals surface area (Å²) in [5.41, 5.74) is 1.22. The second-order valence-corrected chi connectivity index (χ2v) is 7.81. The summed E-state index contributed by atoms with van der Waals surface area (Å²) in [6.45, 7) is 3.79. The second-order valence-electron chi connectivity index (χ2n) is 4.17. The summed E-state index contributed by atoms with van der Waals surface area (Å²) < 4.78 is 22.8. The molecule has 1 atom stereocenters. The van der Waals surface area contributed by atoms with Crippen LogP contribution in [0.25, 0.3) is 0 Å². The molecule has 1 aromatic rings. The molecule has 0 aliphatic rings. The molecule has 3 nitrogen and oxygen atoms in total. The van der Waals surface area contributed by atoms with E-state index in [4.69, 9.17) is 0 Å². The van der Waals surface area contributed by atoms with Crippen LogP contribution < -0.4 is 5.32 Å². The summed E-state index contributed by atoms with van der Waals surface area (Å²) in [6, 6.07) is 8.54. The molecular weight excluding hydrogens is 266 g/mol. The summed E-state index contributed by atoms with van der Waals surface area (Å²) in [7, 11) is -0.925. The van der Waals surface area contributed by atoms with Crippen molar-refractivity contribution in [3.63, 3.8) is 0 Å². The van der Waals surface area contributed by atoms with E-state index in [2.05, 4.69) is 24.4 Å². The maximum Gasteiger partial charge on any atom is 0.150 e. The molecule has 0 radical (unpaired) electrons. The predicted molar refractivity (Wildman–Crippen MR) is 79.0 cm³/mol. The smallest absolute Gasteiger partial charge is 0.150 e. The summed E-state index contributed by atoms with van der Waals surface area (Å²) in [6.07, 6.45) is 0. The number of hydrogen-bond donors (Lipinski definition) is 1. The highest BCUT2D eigenvalue weighted by Crippen LogP contribution is 2.22. The van der Waals surface area contributed by atoms with Crippen LogP contribution in [0, 0.1) is 0 Å². The number of nitrogens with one attached hydrogen (secondary N) is 1. The highest BCUT2D eigenvalue weighted by Gasteiger charge is 2.08. The molecule has 1 unspecified atom stereocenters. The lowest BCUT2D eigenvalue weighted by Crippen LogP contribution is -2.12. The average Bonchev–Trinajstić information content (AvgIpc) is 2.38. The van der Waals surface area contributed by atoms with Gasteiger partial charge in [0, 0.05) is 22.4 Å². The van der Waals surface area contributed by atoms with Crippen LogP contribution in [0.4, 0.5) is 0 Å². The fourth-order valence-corrected chi connectivity index (χ4v) is 3.74. The lowest BCUT2D eigenvalue weighted by molar-refractivity contribution is 0.599. The molecule has 1 aromatic carbocycles. The van der Waals surface area contributed by atoms with Gasteiger partial charge in [0.05, 0.1) is 5.75 Å². The Balaban J connectivity index is 2.58. The standard InChI is InChI=1S/C13H21NO2S2/c1-4-18(15,16)9-8-17-13-7-5-6-12(10-13)11(2)14-3/h5-7,10-11,14H,4,8-9H2,1-3H3. The van der Waals surface area contributed by atoms with Crippen LogP contribution in [0.2, 0.25) is 0 Å². The molecule has 1 N–H and O–H groups in total. The van der Waals surface area contributed by atoms with Gasteiger partial charge in [-0.1, -0.05) is 19.1 Å². The quantitative estimate of drug-likeness (QED) is 0.783. The van der Waals surface area contributed by atoms with Crippen LogP contribution in [-0.4, -0.2) is 32.7 Å². The Morgan fingerprint density at radius 2 is 2.11 bits per heavy atom. The van der Waals surface area contributed by atoms with Crippen molar-refractivity contribution < 1.29 is 8.42 Å². The van der Waals surface area contributed by atoms with E-state index in [0.29, 0.717) is 11.8 Å². The molecule has 0 aliphatic heterocycles. The Morgan fingerprint density at radius 1 is 1.39 bits per heavy atom. The molecule has 0 amide bonds. The molecule has 0 spiro atoms. The Labute approximate surface area is 114 Å². The SMILES string of the molecule is CCS(=O)(=O)CCSc1cccc(C(C)NC)c1. The highest BCUT2D eigenvalue weighted by atomic mass is 32.2. The minimum absolute atomic E-state index is 0.227. The topological polar surface area (TPSA) is 46.2 Å². The molecule has 1 rings (SSSR count). The van der Waals surface area contributed by atoms with Crippen molar-refractivity contribution in [3.05, 3.63) is 29.8 Å². The first-order valence-corrected chi connectivity index (χ1v) is 8.89. The highest BCUT2D eigenvalue weighted by molar-refractivity contribution is 8.00. The molecular formula is C13H21NO2S2. The van der Waals surface area contributed by atoms with Crippen LogP contribution >= 0.6 is 11.8 Å². The minimum atomic E-state index is -2.85. The first-order valence-electron chi connectivity index (χ1n) is 6.09. The summed E-state index contributed by atoms with van der Waals surface area (Å²) in [5, 5.41) is 3.19. The van der Waals surface area contributed by atoms with E-state index < -0.39 is 9.84 Å². The predicted octanol–water partition coefficient (Wildman–Crippen LogP) is 2.49. The number of thioether (sulfide) groups is 1. The molecule has 0 fully saturated rings. The van der Waals surface area contributed by atoms with E-state index in [9.17, 15) is 8.42 Å². The van der Waals surface area contributed by atoms with Crippen molar-refractivity contribution in [2.24, 2.45) is 0 Å². The fraction of sp³-hybridized carbons (Fsp3) is 0.538. The van der Waals surface area contributed by atoms with E-state index in [1.54, 1.807) is 18.7 Å². The van der Waals surface area contributed by atoms with E-state index in [1.807, 2.05) is 19.2 Å². The normalized spacial score (nSPS) is 13.5. The Bertz CT molecular complexity index is 472. The van der Waals surface area contributed by atoms with Gasteiger partial charge >= 0.3 is 0 Å². The van der Waals surface area contributed by atoms with E-state index in [0.717, 1.165) is 4.90 Å². The molecule has 18 heavy (non-hydrogen) atoms. The van der Waals surface area contributed by atoms with Gasteiger partial charge in [0.25, 0.3) is 0 Å². The van der Waals surface area contributed by atoms with Crippen molar-refractivity contribution >= 4 is 21.6 Å². The van der Waals surface area contributed by atoms with Gasteiger partial charge in [0.15, 0.2) is 9.84 Å². The molecule has 0 saturated heterocycles. The van der Waals surface area contributed by atoms with Crippen LogP contribution in [-0.2, 0) is 9.84 Å². The lowest BCUT2D eigenvalue weighted by atomic mass is 10.1. The van der Waals surface area contributed by atoms with E-state index >= 15 is 0 Å². The zero-order chi connectivity index (χ0) is 13.6. The molecule has 102 valence electrons. The van der Waals surface area contributed by atoms with Gasteiger partial charge in [-0.15, -0.1) is 11.8 Å². The molecule has 0 saturated carbocycles. The monoisotopic (exact) mass is 287 g/mol. The van der Waals surface area contributed by atoms with Crippen LogP contribution in [0.15, 0.2) is 29.2 Å². The van der Waals surface area contributed by atoms with Crippen LogP contribution in [0.1, 0.15) is 25.5 Å². The van der Waals surface area contributed by atoms with E-state index in [1.165, 1.54) is 5.56 Å². The zero-order valence-electron chi connectivity index (χ0n) is 11.1. The molecule has 0 bridgehead atoms. The fourth-order valence-electron chi connectivity index (χ4n) is 1.47. The van der Waals surface area contributed by atoms with Crippen molar-refractivity contribution in [1.29, 1.82) is 0 Å². The van der Waals surface area contributed by atoms with Crippen LogP contribution in [0.3, 0.4) is 0 Å². The third kappa shape index (κ3) is 5.00. The summed E-state index contributed by atoms with van der Waals surface area (Å²) >= 11 is 1.60. The largest absolute Gasteiger partial charge is 0.313 e. The van der Waals surface area contributed by atoms with Gasteiger partial charge < -0.3 is 5.32 Å². The summed E-state index contributed by atoms with van der Waals surface area (Å²) in [4.78, 5) is 1.13. The Kier molecular flexibility index (Phi) is 6.18.